The number of aliphatic carboxylic acids is 2. The van der Waals surface area contributed by atoms with E-state index in [2.05, 4.69) is 25.3 Å². The number of fused-ring (bicyclic) bond motifs is 1. The van der Waals surface area contributed by atoms with Gasteiger partial charge in [-0.25, -0.2) is 14.8 Å². The van der Waals surface area contributed by atoms with Crippen molar-refractivity contribution in [1.82, 2.24) is 25.3 Å². The summed E-state index contributed by atoms with van der Waals surface area (Å²) in [5, 5.41) is 39.4. The lowest BCUT2D eigenvalue weighted by atomic mass is 9.80. The van der Waals surface area contributed by atoms with Crippen molar-refractivity contribution in [2.75, 3.05) is 16.4 Å². The number of amides is 1. The number of nitrogens with one attached hydrogen (secondary N) is 1. The monoisotopic (exact) mass is 574 g/mol. The predicted molar refractivity (Wildman–Crippen MR) is 152 cm³/mol. The Hall–Kier alpha value is -5.35. The maximum atomic E-state index is 12.7. The van der Waals surface area contributed by atoms with Crippen molar-refractivity contribution in [2.45, 2.75) is 32.0 Å². The van der Waals surface area contributed by atoms with E-state index in [-0.39, 0.29) is 41.5 Å². The molecule has 1 amide bonds. The van der Waals surface area contributed by atoms with Gasteiger partial charge in [-0.15, -0.1) is 0 Å². The molecule has 0 fully saturated rings. The second-order valence-corrected chi connectivity index (χ2v) is 9.32. The molecule has 0 saturated carbocycles. The molecule has 16 heteroatoms. The minimum Gasteiger partial charge on any atom is -0.481 e. The van der Waals surface area contributed by atoms with Crippen molar-refractivity contribution in [3.05, 3.63) is 71.5 Å². The summed E-state index contributed by atoms with van der Waals surface area (Å²) in [6, 6.07) is 11.7. The first-order chi connectivity index (χ1) is 20.0. The molecule has 0 bridgehead atoms. The van der Waals surface area contributed by atoms with Crippen LogP contribution in [-0.4, -0.2) is 71.2 Å². The summed E-state index contributed by atoms with van der Waals surface area (Å²) in [6.07, 6.45) is 0.854. The van der Waals surface area contributed by atoms with Crippen molar-refractivity contribution in [3.8, 4) is 0 Å². The molecule has 42 heavy (non-hydrogen) atoms. The maximum absolute atomic E-state index is 12.7. The van der Waals surface area contributed by atoms with Gasteiger partial charge >= 0.3 is 19.1 Å². The van der Waals surface area contributed by atoms with Gasteiger partial charge < -0.3 is 41.9 Å². The van der Waals surface area contributed by atoms with Crippen LogP contribution in [0.5, 0.6) is 0 Å². The average molecular weight is 574 g/mol. The van der Waals surface area contributed by atoms with Crippen molar-refractivity contribution >= 4 is 59.0 Å². The number of nitrogen functional groups attached to an aromatic ring is 2. The molecule has 2 aromatic carbocycles. The zero-order valence-corrected chi connectivity index (χ0v) is 22.1. The highest BCUT2D eigenvalue weighted by atomic mass is 16.4. The van der Waals surface area contributed by atoms with Crippen LogP contribution in [0.15, 0.2) is 54.7 Å². The van der Waals surface area contributed by atoms with Crippen molar-refractivity contribution in [3.63, 3.8) is 0 Å². The van der Waals surface area contributed by atoms with Gasteiger partial charge in [-0.1, -0.05) is 24.3 Å². The molecule has 0 radical (unpaired) electrons. The van der Waals surface area contributed by atoms with Crippen LogP contribution < -0.4 is 27.1 Å². The van der Waals surface area contributed by atoms with Gasteiger partial charge in [0.15, 0.2) is 17.0 Å². The van der Waals surface area contributed by atoms with E-state index in [1.54, 1.807) is 36.4 Å². The zero-order valence-electron chi connectivity index (χ0n) is 22.1. The Morgan fingerprint density at radius 1 is 0.929 bits per heavy atom. The van der Waals surface area contributed by atoms with E-state index in [1.165, 1.54) is 18.3 Å². The highest BCUT2D eigenvalue weighted by molar-refractivity contribution is 6.58. The van der Waals surface area contributed by atoms with Gasteiger partial charge in [-0.05, 0) is 41.7 Å². The smallest absolute Gasteiger partial charge is 0.481 e. The third-order valence-corrected chi connectivity index (χ3v) is 6.25. The third-order valence-electron chi connectivity index (χ3n) is 6.25. The Labute approximate surface area is 239 Å². The van der Waals surface area contributed by atoms with Gasteiger partial charge in [-0.2, -0.15) is 9.97 Å². The number of carboxylic acids is 2. The average Bonchev–Trinajstić information content (AvgIpc) is 2.95. The normalized spacial score (nSPS) is 11.6. The molecule has 2 aromatic heterocycles. The van der Waals surface area contributed by atoms with E-state index in [1.807, 2.05) is 4.90 Å². The number of carboxylic acid groups (broad SMARTS) is 2. The summed E-state index contributed by atoms with van der Waals surface area (Å²) in [6.45, 7) is 0.579. The molecule has 1 atom stereocenters. The molecule has 216 valence electrons. The molecule has 2 heterocycles. The van der Waals surface area contributed by atoms with Crippen LogP contribution in [0.2, 0.25) is 0 Å². The fourth-order valence-electron chi connectivity index (χ4n) is 4.10. The van der Waals surface area contributed by atoms with Crippen LogP contribution in [0.4, 0.5) is 17.5 Å². The van der Waals surface area contributed by atoms with Crippen molar-refractivity contribution in [2.24, 2.45) is 0 Å². The third kappa shape index (κ3) is 7.44. The number of aromatic nitrogens is 4. The molecule has 1 unspecified atom stereocenters. The molecular formula is C26H27BN8O7. The summed E-state index contributed by atoms with van der Waals surface area (Å²) in [7, 11) is -1.60. The number of anilines is 3. The number of benzene rings is 2. The van der Waals surface area contributed by atoms with E-state index in [4.69, 9.17) is 16.6 Å². The summed E-state index contributed by atoms with van der Waals surface area (Å²) in [5.74, 6) is -3.12. The van der Waals surface area contributed by atoms with Crippen molar-refractivity contribution in [1.29, 1.82) is 0 Å². The largest absolute Gasteiger partial charge is 0.488 e. The second kappa shape index (κ2) is 12.9. The second-order valence-electron chi connectivity index (χ2n) is 9.32. The molecule has 15 nitrogen and oxygen atoms in total. The molecule has 9 N–H and O–H groups in total. The maximum Gasteiger partial charge on any atom is 0.488 e. The number of carbonyl (C=O) groups excluding carboxylic acids is 1. The molecule has 4 rings (SSSR count). The van der Waals surface area contributed by atoms with Crippen LogP contribution in [0.3, 0.4) is 0 Å². The molecule has 0 aliphatic carbocycles. The minimum absolute atomic E-state index is 0.0270. The Balaban J connectivity index is 1.59. The van der Waals surface area contributed by atoms with Gasteiger partial charge in [0, 0.05) is 24.2 Å². The first-order valence-corrected chi connectivity index (χ1v) is 12.6. The standard InChI is InChI=1S/C26H27BN8O7/c28-22-21-23(34-26(29)33-22)30-11-17(31-21)13-35(12-14-1-5-16(6-2-14)27(41)42)18-7-3-15(4-8-18)24(38)32-19(25(39)40)9-10-20(36)37/h1-8,11,19,41-42H,9-10,12-13H2,(H,32,38)(H,36,37)(H,39,40)(H4,28,29,30,33,34). The fourth-order valence-corrected chi connectivity index (χ4v) is 4.10. The lowest BCUT2D eigenvalue weighted by Crippen LogP contribution is -2.41. The summed E-state index contributed by atoms with van der Waals surface area (Å²) >= 11 is 0. The van der Waals surface area contributed by atoms with Gasteiger partial charge in [0.25, 0.3) is 5.91 Å². The number of hydrogen-bond donors (Lipinski definition) is 7. The first-order valence-electron chi connectivity index (χ1n) is 12.6. The van der Waals surface area contributed by atoms with Crippen LogP contribution in [-0.2, 0) is 22.7 Å². The van der Waals surface area contributed by atoms with E-state index in [9.17, 15) is 29.5 Å². The lowest BCUT2D eigenvalue weighted by molar-refractivity contribution is -0.140. The number of rotatable bonds is 12. The number of hydrogen-bond acceptors (Lipinski definition) is 12. The van der Waals surface area contributed by atoms with Crippen LogP contribution >= 0.6 is 0 Å². The summed E-state index contributed by atoms with van der Waals surface area (Å²) < 4.78 is 0. The first kappa shape index (κ1) is 29.6. The van der Waals surface area contributed by atoms with Gasteiger partial charge in [0.05, 0.1) is 18.4 Å². The zero-order chi connectivity index (χ0) is 30.4. The SMILES string of the molecule is Nc1nc(N)c2nc(CN(Cc3ccc(B(O)O)cc3)c3ccc(C(=O)NC(CCC(=O)O)C(=O)O)cc3)cnc2n1. The molecule has 0 aliphatic heterocycles. The van der Waals surface area contributed by atoms with Crippen LogP contribution in [0, 0.1) is 0 Å². The van der Waals surface area contributed by atoms with Gasteiger partial charge in [0.1, 0.15) is 6.04 Å². The predicted octanol–water partition coefficient (Wildman–Crippen LogP) is -0.481. The fraction of sp³-hybridized carbons (Fsp3) is 0.192. The number of nitrogens with zero attached hydrogens (tertiary/aromatic N) is 5. The van der Waals surface area contributed by atoms with E-state index < -0.39 is 37.4 Å². The number of carbonyl (C=O) groups is 3. The summed E-state index contributed by atoms with van der Waals surface area (Å²) in [5.41, 5.74) is 14.7. The van der Waals surface area contributed by atoms with E-state index in [0.717, 1.165) is 5.56 Å². The topological polar surface area (TPSA) is 251 Å². The van der Waals surface area contributed by atoms with E-state index >= 15 is 0 Å². The lowest BCUT2D eigenvalue weighted by Gasteiger charge is -2.25. The molecule has 0 saturated heterocycles. The van der Waals surface area contributed by atoms with Gasteiger partial charge in [0.2, 0.25) is 5.95 Å². The molecule has 0 aliphatic rings. The molecule has 4 aromatic rings. The Morgan fingerprint density at radius 3 is 2.24 bits per heavy atom. The Bertz CT molecular complexity index is 1600. The highest BCUT2D eigenvalue weighted by Crippen LogP contribution is 2.22. The van der Waals surface area contributed by atoms with Crippen LogP contribution in [0.1, 0.15) is 34.5 Å². The minimum atomic E-state index is -1.60. The van der Waals surface area contributed by atoms with Crippen LogP contribution in [0.25, 0.3) is 11.2 Å². The quantitative estimate of drug-likeness (QED) is 0.106. The highest BCUT2D eigenvalue weighted by Gasteiger charge is 2.22. The summed E-state index contributed by atoms with van der Waals surface area (Å²) in [4.78, 5) is 53.7. The molecule has 0 spiro atoms. The number of nitrogens with two attached hydrogens (primary N) is 2. The van der Waals surface area contributed by atoms with E-state index in [0.29, 0.717) is 23.4 Å². The Kier molecular flexibility index (Phi) is 9.09. The van der Waals surface area contributed by atoms with Crippen molar-refractivity contribution < 1.29 is 34.6 Å². The Morgan fingerprint density at radius 2 is 1.62 bits per heavy atom. The van der Waals surface area contributed by atoms with Gasteiger partial charge in [-0.3, -0.25) is 9.59 Å². The molecular weight excluding hydrogens is 547 g/mol.